The molecule has 20 heavy (non-hydrogen) atoms. The molecule has 2 aromatic heterocycles. The Kier molecular flexibility index (Phi) is 5.00. The third-order valence-electron chi connectivity index (χ3n) is 2.73. The van der Waals surface area contributed by atoms with Gasteiger partial charge >= 0.3 is 0 Å². The van der Waals surface area contributed by atoms with Gasteiger partial charge in [0.2, 0.25) is 10.1 Å². The molecule has 2 N–H and O–H groups in total. The summed E-state index contributed by atoms with van der Waals surface area (Å²) < 4.78 is 0. The Bertz CT molecular complexity index is 584. The molecular formula is C13H17N5OS. The van der Waals surface area contributed by atoms with Crippen LogP contribution in [-0.2, 0) is 6.54 Å². The van der Waals surface area contributed by atoms with Crippen molar-refractivity contribution in [3.05, 3.63) is 34.6 Å². The number of anilines is 1. The number of nitrogens with zero attached hydrogens (tertiary/aromatic N) is 3. The molecule has 2 heterocycles. The van der Waals surface area contributed by atoms with E-state index in [1.54, 1.807) is 12.4 Å². The van der Waals surface area contributed by atoms with Crippen molar-refractivity contribution < 1.29 is 4.79 Å². The largest absolute Gasteiger partial charge is 0.360 e. The van der Waals surface area contributed by atoms with Crippen LogP contribution in [0.2, 0.25) is 0 Å². The molecule has 7 heteroatoms. The average molecular weight is 291 g/mol. The third kappa shape index (κ3) is 3.74. The number of aromatic nitrogens is 3. The van der Waals surface area contributed by atoms with E-state index in [1.165, 1.54) is 11.3 Å². The molecule has 0 radical (unpaired) electrons. The van der Waals surface area contributed by atoms with Gasteiger partial charge in [0.15, 0.2) is 0 Å². The Hall–Kier alpha value is -2.02. The lowest BCUT2D eigenvalue weighted by Crippen LogP contribution is -2.23. The summed E-state index contributed by atoms with van der Waals surface area (Å²) in [6.07, 6.45) is 4.49. The molecule has 0 aliphatic rings. The molecule has 2 aromatic rings. The second-order valence-corrected chi connectivity index (χ2v) is 5.30. The number of hydrogen-bond donors (Lipinski definition) is 2. The summed E-state index contributed by atoms with van der Waals surface area (Å²) >= 11 is 1.26. The minimum absolute atomic E-state index is 0.213. The first-order valence-corrected chi connectivity index (χ1v) is 7.27. The second kappa shape index (κ2) is 6.95. The molecule has 0 aromatic carbocycles. The van der Waals surface area contributed by atoms with Gasteiger partial charge in [0, 0.05) is 25.5 Å². The summed E-state index contributed by atoms with van der Waals surface area (Å²) in [7, 11) is 0. The van der Waals surface area contributed by atoms with Gasteiger partial charge in [0.25, 0.3) is 5.91 Å². The number of rotatable bonds is 6. The maximum absolute atomic E-state index is 12.0. The molecule has 106 valence electrons. The third-order valence-corrected chi connectivity index (χ3v) is 3.61. The van der Waals surface area contributed by atoms with Gasteiger partial charge in [-0.05, 0) is 30.5 Å². The Morgan fingerprint density at radius 1 is 1.40 bits per heavy atom. The Morgan fingerprint density at radius 2 is 2.25 bits per heavy atom. The minimum Gasteiger partial charge on any atom is -0.360 e. The second-order valence-electron chi connectivity index (χ2n) is 4.32. The van der Waals surface area contributed by atoms with Crippen molar-refractivity contribution >= 4 is 22.4 Å². The van der Waals surface area contributed by atoms with E-state index in [4.69, 9.17) is 0 Å². The van der Waals surface area contributed by atoms with Crippen LogP contribution < -0.4 is 10.6 Å². The van der Waals surface area contributed by atoms with Gasteiger partial charge in [-0.15, -0.1) is 10.2 Å². The molecule has 0 aliphatic carbocycles. The summed E-state index contributed by atoms with van der Waals surface area (Å²) in [5.41, 5.74) is 2.09. The van der Waals surface area contributed by atoms with E-state index in [1.807, 2.05) is 13.0 Å². The summed E-state index contributed by atoms with van der Waals surface area (Å²) in [4.78, 5) is 16.0. The highest BCUT2D eigenvalue weighted by atomic mass is 32.1. The predicted molar refractivity (Wildman–Crippen MR) is 78.8 cm³/mol. The predicted octanol–water partition coefficient (Wildman–Crippen LogP) is 1.99. The molecule has 1 amide bonds. The normalized spacial score (nSPS) is 10.3. The molecule has 6 nitrogen and oxygen atoms in total. The number of hydrogen-bond acceptors (Lipinski definition) is 6. The molecule has 0 fully saturated rings. The highest BCUT2D eigenvalue weighted by Crippen LogP contribution is 2.15. The van der Waals surface area contributed by atoms with Crippen molar-refractivity contribution in [2.24, 2.45) is 0 Å². The lowest BCUT2D eigenvalue weighted by molar-refractivity contribution is 0.0949. The SMILES string of the molecule is CCCNc1nnc(C(=O)NCc2cnccc2C)s1. The van der Waals surface area contributed by atoms with E-state index < -0.39 is 0 Å². The number of carbonyl (C=O) groups is 1. The topological polar surface area (TPSA) is 79.8 Å². The van der Waals surface area contributed by atoms with Gasteiger partial charge in [-0.3, -0.25) is 9.78 Å². The fourth-order valence-corrected chi connectivity index (χ4v) is 2.24. The zero-order chi connectivity index (χ0) is 14.4. The van der Waals surface area contributed by atoms with E-state index >= 15 is 0 Å². The van der Waals surface area contributed by atoms with Crippen molar-refractivity contribution in [1.29, 1.82) is 0 Å². The van der Waals surface area contributed by atoms with Crippen molar-refractivity contribution in [2.75, 3.05) is 11.9 Å². The monoisotopic (exact) mass is 291 g/mol. The first-order chi connectivity index (χ1) is 9.70. The molecular weight excluding hydrogens is 274 g/mol. The van der Waals surface area contributed by atoms with Crippen LogP contribution in [0.1, 0.15) is 34.3 Å². The highest BCUT2D eigenvalue weighted by molar-refractivity contribution is 7.17. The van der Waals surface area contributed by atoms with E-state index in [2.05, 4.69) is 32.7 Å². The molecule has 0 spiro atoms. The van der Waals surface area contributed by atoms with Gasteiger partial charge in [0.05, 0.1) is 0 Å². The summed E-state index contributed by atoms with van der Waals surface area (Å²) in [5.74, 6) is -0.213. The van der Waals surface area contributed by atoms with E-state index in [9.17, 15) is 4.79 Å². The van der Waals surface area contributed by atoms with Gasteiger partial charge in [0.1, 0.15) is 0 Å². The van der Waals surface area contributed by atoms with Crippen molar-refractivity contribution in [2.45, 2.75) is 26.8 Å². The maximum Gasteiger partial charge on any atom is 0.282 e. The van der Waals surface area contributed by atoms with Crippen LogP contribution in [0.15, 0.2) is 18.5 Å². The van der Waals surface area contributed by atoms with Crippen LogP contribution in [0, 0.1) is 6.92 Å². The minimum atomic E-state index is -0.213. The van der Waals surface area contributed by atoms with Gasteiger partial charge in [-0.25, -0.2) is 0 Å². The summed E-state index contributed by atoms with van der Waals surface area (Å²) in [6.45, 7) is 5.32. The molecule has 0 unspecified atom stereocenters. The maximum atomic E-state index is 12.0. The first kappa shape index (κ1) is 14.4. The standard InChI is InChI=1S/C13H17N5OS/c1-3-5-15-13-18-17-12(20-13)11(19)16-8-10-7-14-6-4-9(10)2/h4,6-7H,3,5,8H2,1-2H3,(H,15,18)(H,16,19). The van der Waals surface area contributed by atoms with E-state index in [0.29, 0.717) is 16.7 Å². The van der Waals surface area contributed by atoms with Crippen LogP contribution in [0.3, 0.4) is 0 Å². The average Bonchev–Trinajstić information content (AvgIpc) is 2.93. The zero-order valence-electron chi connectivity index (χ0n) is 11.5. The smallest absolute Gasteiger partial charge is 0.282 e. The first-order valence-electron chi connectivity index (χ1n) is 6.45. The number of amides is 1. The molecule has 0 aliphatic heterocycles. The van der Waals surface area contributed by atoms with Gasteiger partial charge in [-0.1, -0.05) is 18.3 Å². The summed E-state index contributed by atoms with van der Waals surface area (Å²) in [5, 5.41) is 14.8. The Balaban J connectivity index is 1.92. The molecule has 0 saturated heterocycles. The van der Waals surface area contributed by atoms with Crippen LogP contribution in [0.5, 0.6) is 0 Å². The van der Waals surface area contributed by atoms with Crippen molar-refractivity contribution in [3.8, 4) is 0 Å². The summed E-state index contributed by atoms with van der Waals surface area (Å²) in [6, 6.07) is 1.92. The van der Waals surface area contributed by atoms with Crippen molar-refractivity contribution in [3.63, 3.8) is 0 Å². The lowest BCUT2D eigenvalue weighted by atomic mass is 10.1. The quantitative estimate of drug-likeness (QED) is 0.851. The lowest BCUT2D eigenvalue weighted by Gasteiger charge is -2.05. The molecule has 0 bridgehead atoms. The number of pyridine rings is 1. The number of aryl methyl sites for hydroxylation is 1. The van der Waals surface area contributed by atoms with Crippen LogP contribution >= 0.6 is 11.3 Å². The highest BCUT2D eigenvalue weighted by Gasteiger charge is 2.12. The fourth-order valence-electron chi connectivity index (χ4n) is 1.55. The zero-order valence-corrected chi connectivity index (χ0v) is 12.3. The van der Waals surface area contributed by atoms with E-state index in [-0.39, 0.29) is 5.91 Å². The van der Waals surface area contributed by atoms with E-state index in [0.717, 1.165) is 24.1 Å². The van der Waals surface area contributed by atoms with Crippen LogP contribution in [-0.4, -0.2) is 27.6 Å². The Morgan fingerprint density at radius 3 is 3.00 bits per heavy atom. The van der Waals surface area contributed by atoms with Gasteiger partial charge < -0.3 is 10.6 Å². The van der Waals surface area contributed by atoms with Crippen molar-refractivity contribution in [1.82, 2.24) is 20.5 Å². The molecule has 0 atom stereocenters. The molecule has 2 rings (SSSR count). The van der Waals surface area contributed by atoms with Gasteiger partial charge in [-0.2, -0.15) is 0 Å². The van der Waals surface area contributed by atoms with Crippen LogP contribution in [0.4, 0.5) is 5.13 Å². The fraction of sp³-hybridized carbons (Fsp3) is 0.385. The number of carbonyl (C=O) groups excluding carboxylic acids is 1. The molecule has 0 saturated carbocycles. The Labute approximate surface area is 121 Å². The number of nitrogens with one attached hydrogen (secondary N) is 2. The van der Waals surface area contributed by atoms with Crippen LogP contribution in [0.25, 0.3) is 0 Å².